The second-order valence-electron chi connectivity index (χ2n) is 6.15. The van der Waals surface area contributed by atoms with Crippen LogP contribution in [-0.2, 0) is 4.79 Å². The van der Waals surface area contributed by atoms with Gasteiger partial charge in [0.25, 0.3) is 0 Å². The summed E-state index contributed by atoms with van der Waals surface area (Å²) >= 11 is 1.31. The van der Waals surface area contributed by atoms with Gasteiger partial charge < -0.3 is 10.1 Å². The molecule has 2 aromatic carbocycles. The zero-order valence-electron chi connectivity index (χ0n) is 15.1. The SMILES string of the molecule is Cc1cc(NC(=O)CCOc2ccccc2)n(-c2nc3ccc(F)cc3s2)n1. The third kappa shape index (κ3) is 4.01. The number of anilines is 1. The van der Waals surface area contributed by atoms with Crippen molar-refractivity contribution in [3.05, 3.63) is 66.1 Å². The van der Waals surface area contributed by atoms with Gasteiger partial charge in [-0.3, -0.25) is 4.79 Å². The number of ether oxygens (including phenoxy) is 1. The Morgan fingerprint density at radius 2 is 2.04 bits per heavy atom. The van der Waals surface area contributed by atoms with E-state index in [2.05, 4.69) is 15.4 Å². The van der Waals surface area contributed by atoms with E-state index in [1.807, 2.05) is 37.3 Å². The normalized spacial score (nSPS) is 10.9. The molecular weight excluding hydrogens is 379 g/mol. The highest BCUT2D eigenvalue weighted by molar-refractivity contribution is 7.20. The van der Waals surface area contributed by atoms with Crippen molar-refractivity contribution in [3.8, 4) is 10.9 Å². The van der Waals surface area contributed by atoms with Gasteiger partial charge in [0.1, 0.15) is 17.4 Å². The number of hydrogen-bond donors (Lipinski definition) is 1. The van der Waals surface area contributed by atoms with Crippen molar-refractivity contribution in [1.82, 2.24) is 14.8 Å². The maximum atomic E-state index is 13.4. The largest absolute Gasteiger partial charge is 0.493 e. The highest BCUT2D eigenvalue weighted by atomic mass is 32.1. The Hall–Kier alpha value is -3.26. The fraction of sp³-hybridized carbons (Fsp3) is 0.150. The number of fused-ring (bicyclic) bond motifs is 1. The lowest BCUT2D eigenvalue weighted by molar-refractivity contribution is -0.116. The number of aromatic nitrogens is 3. The predicted octanol–water partition coefficient (Wildman–Crippen LogP) is 4.34. The molecule has 0 spiro atoms. The topological polar surface area (TPSA) is 69.0 Å². The van der Waals surface area contributed by atoms with Crippen molar-refractivity contribution < 1.29 is 13.9 Å². The number of thiazole rings is 1. The van der Waals surface area contributed by atoms with Gasteiger partial charge in [-0.15, -0.1) is 0 Å². The molecule has 2 heterocycles. The van der Waals surface area contributed by atoms with E-state index in [1.165, 1.54) is 23.5 Å². The molecule has 6 nitrogen and oxygen atoms in total. The minimum Gasteiger partial charge on any atom is -0.493 e. The van der Waals surface area contributed by atoms with E-state index in [1.54, 1.807) is 16.8 Å². The monoisotopic (exact) mass is 396 g/mol. The van der Waals surface area contributed by atoms with Crippen LogP contribution in [0.15, 0.2) is 54.6 Å². The van der Waals surface area contributed by atoms with Gasteiger partial charge in [0.15, 0.2) is 0 Å². The first-order chi connectivity index (χ1) is 13.6. The van der Waals surface area contributed by atoms with Crippen LogP contribution in [0.1, 0.15) is 12.1 Å². The highest BCUT2D eigenvalue weighted by Gasteiger charge is 2.15. The van der Waals surface area contributed by atoms with Crippen LogP contribution in [0, 0.1) is 12.7 Å². The Bertz CT molecular complexity index is 1120. The van der Waals surface area contributed by atoms with Crippen molar-refractivity contribution in [1.29, 1.82) is 0 Å². The molecule has 142 valence electrons. The molecule has 1 N–H and O–H groups in total. The molecule has 8 heteroatoms. The molecule has 0 radical (unpaired) electrons. The standard InChI is InChI=1S/C20H17FN4O2S/c1-13-11-18(23-19(26)9-10-27-15-5-3-2-4-6-15)25(24-13)20-22-16-8-7-14(21)12-17(16)28-20/h2-8,11-12H,9-10H2,1H3,(H,23,26). The first-order valence-corrected chi connectivity index (χ1v) is 9.51. The van der Waals surface area contributed by atoms with E-state index < -0.39 is 0 Å². The van der Waals surface area contributed by atoms with E-state index in [9.17, 15) is 9.18 Å². The van der Waals surface area contributed by atoms with Crippen molar-refractivity contribution in [2.75, 3.05) is 11.9 Å². The van der Waals surface area contributed by atoms with Gasteiger partial charge >= 0.3 is 0 Å². The summed E-state index contributed by atoms with van der Waals surface area (Å²) in [6.45, 7) is 2.10. The molecule has 4 rings (SSSR count). The number of nitrogens with zero attached hydrogens (tertiary/aromatic N) is 3. The molecule has 4 aromatic rings. The lowest BCUT2D eigenvalue weighted by Gasteiger charge is -2.08. The number of aryl methyl sites for hydroxylation is 1. The van der Waals surface area contributed by atoms with Crippen LogP contribution in [0.4, 0.5) is 10.2 Å². The second kappa shape index (κ2) is 7.77. The van der Waals surface area contributed by atoms with Crippen LogP contribution >= 0.6 is 11.3 Å². The van der Waals surface area contributed by atoms with Gasteiger partial charge in [-0.2, -0.15) is 9.78 Å². The maximum absolute atomic E-state index is 13.4. The Morgan fingerprint density at radius 3 is 2.86 bits per heavy atom. The Morgan fingerprint density at radius 1 is 1.21 bits per heavy atom. The zero-order valence-corrected chi connectivity index (χ0v) is 15.9. The molecule has 28 heavy (non-hydrogen) atoms. The van der Waals surface area contributed by atoms with E-state index in [4.69, 9.17) is 4.74 Å². The summed E-state index contributed by atoms with van der Waals surface area (Å²) in [6, 6.07) is 15.5. The van der Waals surface area contributed by atoms with Crippen LogP contribution in [0.25, 0.3) is 15.3 Å². The van der Waals surface area contributed by atoms with Gasteiger partial charge in [0.2, 0.25) is 11.0 Å². The fourth-order valence-corrected chi connectivity index (χ4v) is 3.65. The molecule has 0 aliphatic heterocycles. The van der Waals surface area contributed by atoms with Crippen molar-refractivity contribution in [3.63, 3.8) is 0 Å². The Balaban J connectivity index is 1.47. The summed E-state index contributed by atoms with van der Waals surface area (Å²) in [5.41, 5.74) is 1.42. The minimum absolute atomic E-state index is 0.191. The Labute approximate surface area is 164 Å². The van der Waals surface area contributed by atoms with Crippen LogP contribution in [0.3, 0.4) is 0 Å². The predicted molar refractivity (Wildman–Crippen MR) is 107 cm³/mol. The number of benzene rings is 2. The summed E-state index contributed by atoms with van der Waals surface area (Å²) in [5, 5.41) is 7.81. The number of carbonyl (C=O) groups excluding carboxylic acids is 1. The van der Waals surface area contributed by atoms with E-state index in [-0.39, 0.29) is 24.8 Å². The molecule has 0 fully saturated rings. The summed E-state index contributed by atoms with van der Waals surface area (Å²) in [7, 11) is 0. The number of carbonyl (C=O) groups is 1. The number of halogens is 1. The lowest BCUT2D eigenvalue weighted by atomic mass is 10.3. The maximum Gasteiger partial charge on any atom is 0.228 e. The van der Waals surface area contributed by atoms with E-state index in [0.29, 0.717) is 16.5 Å². The average molecular weight is 396 g/mol. The van der Waals surface area contributed by atoms with Gasteiger partial charge in [-0.05, 0) is 37.3 Å². The van der Waals surface area contributed by atoms with Crippen molar-refractivity contribution >= 4 is 33.3 Å². The van der Waals surface area contributed by atoms with E-state index >= 15 is 0 Å². The first-order valence-electron chi connectivity index (χ1n) is 8.69. The molecule has 0 saturated carbocycles. The zero-order chi connectivity index (χ0) is 19.5. The number of amides is 1. The van der Waals surface area contributed by atoms with Gasteiger partial charge in [0.05, 0.1) is 28.9 Å². The van der Waals surface area contributed by atoms with Crippen molar-refractivity contribution in [2.45, 2.75) is 13.3 Å². The first kappa shape index (κ1) is 18.1. The lowest BCUT2D eigenvalue weighted by Crippen LogP contribution is -2.17. The smallest absolute Gasteiger partial charge is 0.228 e. The van der Waals surface area contributed by atoms with E-state index in [0.717, 1.165) is 16.1 Å². The molecule has 2 aromatic heterocycles. The number of para-hydroxylation sites is 1. The molecule has 0 saturated heterocycles. The molecule has 0 aliphatic carbocycles. The second-order valence-corrected chi connectivity index (χ2v) is 7.16. The number of rotatable bonds is 6. The fourth-order valence-electron chi connectivity index (χ4n) is 2.69. The molecular formula is C20H17FN4O2S. The quantitative estimate of drug-likeness (QED) is 0.526. The molecule has 0 unspecified atom stereocenters. The van der Waals surface area contributed by atoms with Crippen LogP contribution in [0.2, 0.25) is 0 Å². The molecule has 0 atom stereocenters. The summed E-state index contributed by atoms with van der Waals surface area (Å²) < 4.78 is 21.3. The highest BCUT2D eigenvalue weighted by Crippen LogP contribution is 2.27. The molecule has 0 aliphatic rings. The molecule has 0 bridgehead atoms. The number of hydrogen-bond acceptors (Lipinski definition) is 5. The average Bonchev–Trinajstić information content (AvgIpc) is 3.25. The summed E-state index contributed by atoms with van der Waals surface area (Å²) in [6.07, 6.45) is 0.199. The third-order valence-electron chi connectivity index (χ3n) is 3.96. The van der Waals surface area contributed by atoms with Gasteiger partial charge in [0, 0.05) is 6.07 Å². The number of nitrogens with one attached hydrogen (secondary N) is 1. The van der Waals surface area contributed by atoms with Crippen LogP contribution < -0.4 is 10.1 Å². The summed E-state index contributed by atoms with van der Waals surface area (Å²) in [5.74, 6) is 0.732. The minimum atomic E-state index is -0.314. The summed E-state index contributed by atoms with van der Waals surface area (Å²) in [4.78, 5) is 16.8. The molecule has 1 amide bonds. The van der Waals surface area contributed by atoms with Crippen LogP contribution in [-0.4, -0.2) is 27.3 Å². The van der Waals surface area contributed by atoms with Gasteiger partial charge in [-0.1, -0.05) is 29.5 Å². The van der Waals surface area contributed by atoms with Crippen LogP contribution in [0.5, 0.6) is 5.75 Å². The van der Waals surface area contributed by atoms with Gasteiger partial charge in [-0.25, -0.2) is 9.37 Å². The Kier molecular flexibility index (Phi) is 5.03. The third-order valence-corrected chi connectivity index (χ3v) is 4.95. The van der Waals surface area contributed by atoms with Crippen molar-refractivity contribution in [2.24, 2.45) is 0 Å².